The molecular formula is C19H14INO5. The highest BCUT2D eigenvalue weighted by molar-refractivity contribution is 14.1. The Kier molecular flexibility index (Phi) is 5.67. The first-order valence-electron chi connectivity index (χ1n) is 7.63. The minimum Gasteiger partial charge on any atom is -0.482 e. The average Bonchev–Trinajstić information content (AvgIpc) is 3.02. The number of carbonyl (C=O) groups excluding carboxylic acids is 2. The zero-order valence-electron chi connectivity index (χ0n) is 13.8. The lowest BCUT2D eigenvalue weighted by atomic mass is 10.2. The fourth-order valence-electron chi connectivity index (χ4n) is 2.14. The van der Waals surface area contributed by atoms with Crippen molar-refractivity contribution in [1.82, 2.24) is 0 Å². The molecule has 0 unspecified atom stereocenters. The molecule has 0 atom stereocenters. The second-order valence-electron chi connectivity index (χ2n) is 5.28. The molecule has 0 spiro atoms. The van der Waals surface area contributed by atoms with Crippen LogP contribution in [0.2, 0.25) is 0 Å². The van der Waals surface area contributed by atoms with E-state index in [4.69, 9.17) is 9.47 Å². The van der Waals surface area contributed by atoms with E-state index in [1.165, 1.54) is 7.11 Å². The lowest BCUT2D eigenvalue weighted by molar-refractivity contribution is -0.142. The maximum Gasteiger partial charge on any atom is 0.363 e. The van der Waals surface area contributed by atoms with Crippen LogP contribution in [-0.4, -0.2) is 31.6 Å². The summed E-state index contributed by atoms with van der Waals surface area (Å²) < 4.78 is 16.1. The molecule has 26 heavy (non-hydrogen) atoms. The number of aliphatic imine (C=N–C) groups is 1. The number of nitrogens with zero attached hydrogens (tertiary/aromatic N) is 1. The Hall–Kier alpha value is -2.68. The average molecular weight is 463 g/mol. The maximum absolute atomic E-state index is 12.0. The molecule has 0 amide bonds. The predicted molar refractivity (Wildman–Crippen MR) is 104 cm³/mol. The number of benzene rings is 2. The summed E-state index contributed by atoms with van der Waals surface area (Å²) in [5, 5.41) is 0. The largest absolute Gasteiger partial charge is 0.482 e. The molecular weight excluding hydrogens is 449 g/mol. The molecule has 0 saturated heterocycles. The number of cyclic esters (lactones) is 1. The van der Waals surface area contributed by atoms with Crippen molar-refractivity contribution in [3.05, 3.63) is 68.9 Å². The topological polar surface area (TPSA) is 74.2 Å². The van der Waals surface area contributed by atoms with Crippen LogP contribution in [0, 0.1) is 3.57 Å². The van der Waals surface area contributed by atoms with E-state index in [9.17, 15) is 9.59 Å². The Labute approximate surface area is 163 Å². The van der Waals surface area contributed by atoms with Gasteiger partial charge in [-0.3, -0.25) is 0 Å². The van der Waals surface area contributed by atoms with Gasteiger partial charge in [0.2, 0.25) is 5.90 Å². The first-order valence-corrected chi connectivity index (χ1v) is 8.71. The zero-order valence-corrected chi connectivity index (χ0v) is 15.9. The van der Waals surface area contributed by atoms with E-state index in [1.54, 1.807) is 30.3 Å². The minimum absolute atomic E-state index is 0.160. The molecule has 0 N–H and O–H groups in total. The molecule has 0 aliphatic carbocycles. The molecule has 0 bridgehead atoms. The van der Waals surface area contributed by atoms with Gasteiger partial charge < -0.3 is 14.2 Å². The van der Waals surface area contributed by atoms with Gasteiger partial charge in [-0.2, -0.15) is 0 Å². The molecule has 132 valence electrons. The van der Waals surface area contributed by atoms with Crippen molar-refractivity contribution in [1.29, 1.82) is 0 Å². The number of hydrogen-bond acceptors (Lipinski definition) is 6. The lowest BCUT2D eigenvalue weighted by Gasteiger charge is -2.04. The number of carbonyl (C=O) groups is 2. The van der Waals surface area contributed by atoms with E-state index in [2.05, 4.69) is 32.3 Å². The van der Waals surface area contributed by atoms with E-state index in [0.717, 1.165) is 14.7 Å². The Morgan fingerprint density at radius 2 is 1.85 bits per heavy atom. The molecule has 1 aliphatic rings. The molecule has 1 aliphatic heterocycles. The third-order valence-corrected chi connectivity index (χ3v) is 4.20. The molecule has 2 aromatic carbocycles. The van der Waals surface area contributed by atoms with Crippen molar-refractivity contribution < 1.29 is 23.8 Å². The van der Waals surface area contributed by atoms with Crippen LogP contribution in [0.3, 0.4) is 0 Å². The van der Waals surface area contributed by atoms with E-state index in [-0.39, 0.29) is 18.2 Å². The Morgan fingerprint density at radius 1 is 1.15 bits per heavy atom. The Morgan fingerprint density at radius 3 is 2.50 bits per heavy atom. The summed E-state index contributed by atoms with van der Waals surface area (Å²) in [5.74, 6) is -0.141. The van der Waals surface area contributed by atoms with Gasteiger partial charge in [-0.15, -0.1) is 0 Å². The van der Waals surface area contributed by atoms with Gasteiger partial charge >= 0.3 is 11.9 Å². The Balaban J connectivity index is 1.73. The quantitative estimate of drug-likeness (QED) is 0.387. The second-order valence-corrected chi connectivity index (χ2v) is 6.52. The number of rotatable bonds is 5. The highest BCUT2D eigenvalue weighted by Gasteiger charge is 2.24. The molecule has 7 heteroatoms. The molecule has 0 saturated carbocycles. The van der Waals surface area contributed by atoms with Gasteiger partial charge in [-0.05, 0) is 70.6 Å². The highest BCUT2D eigenvalue weighted by atomic mass is 127. The van der Waals surface area contributed by atoms with Gasteiger partial charge in [-0.1, -0.05) is 12.1 Å². The summed E-state index contributed by atoms with van der Waals surface area (Å²) in [6.07, 6.45) is 1.63. The molecule has 3 rings (SSSR count). The molecule has 6 nitrogen and oxygen atoms in total. The third kappa shape index (κ3) is 4.48. The number of hydrogen-bond donors (Lipinski definition) is 0. The van der Waals surface area contributed by atoms with Crippen molar-refractivity contribution in [2.45, 2.75) is 0 Å². The summed E-state index contributed by atoms with van der Waals surface area (Å²) in [6.45, 7) is -0.160. The van der Waals surface area contributed by atoms with Gasteiger partial charge in [0.15, 0.2) is 12.3 Å². The highest BCUT2D eigenvalue weighted by Crippen LogP contribution is 2.21. The maximum atomic E-state index is 12.0. The number of esters is 2. The van der Waals surface area contributed by atoms with Gasteiger partial charge in [0, 0.05) is 9.13 Å². The van der Waals surface area contributed by atoms with Gasteiger partial charge in [0.25, 0.3) is 0 Å². The van der Waals surface area contributed by atoms with Crippen molar-refractivity contribution in [3.8, 4) is 5.75 Å². The van der Waals surface area contributed by atoms with Crippen LogP contribution in [0.1, 0.15) is 11.1 Å². The minimum atomic E-state index is -0.496. The van der Waals surface area contributed by atoms with Crippen LogP contribution in [0.4, 0.5) is 0 Å². The summed E-state index contributed by atoms with van der Waals surface area (Å²) in [5.41, 5.74) is 1.73. The van der Waals surface area contributed by atoms with Crippen LogP contribution in [0.25, 0.3) is 6.08 Å². The fraction of sp³-hybridized carbons (Fsp3) is 0.105. The van der Waals surface area contributed by atoms with Crippen molar-refractivity contribution in [2.24, 2.45) is 4.99 Å². The normalized spacial score (nSPS) is 14.8. The van der Waals surface area contributed by atoms with Crippen LogP contribution < -0.4 is 4.74 Å². The fourth-order valence-corrected chi connectivity index (χ4v) is 2.50. The van der Waals surface area contributed by atoms with Crippen LogP contribution in [-0.2, 0) is 19.1 Å². The molecule has 2 aromatic rings. The van der Waals surface area contributed by atoms with E-state index < -0.39 is 11.9 Å². The monoisotopic (exact) mass is 463 g/mol. The standard InChI is InChI=1S/C19H14INO5/c1-24-17(22)11-25-15-8-2-12(3-9-15)10-16-19(23)26-18(21-16)13-4-6-14(20)7-5-13/h2-10H,11H2,1H3/b16-10-. The first kappa shape index (κ1) is 18.1. The van der Waals surface area contributed by atoms with E-state index >= 15 is 0 Å². The lowest BCUT2D eigenvalue weighted by Crippen LogP contribution is -2.12. The number of halogens is 1. The molecule has 1 heterocycles. The van der Waals surface area contributed by atoms with Crippen LogP contribution in [0.5, 0.6) is 5.75 Å². The summed E-state index contributed by atoms with van der Waals surface area (Å²) in [6, 6.07) is 14.4. The zero-order chi connectivity index (χ0) is 18.5. The Bertz CT molecular complexity index is 885. The third-order valence-electron chi connectivity index (χ3n) is 3.48. The van der Waals surface area contributed by atoms with Crippen molar-refractivity contribution in [3.63, 3.8) is 0 Å². The van der Waals surface area contributed by atoms with Crippen LogP contribution in [0.15, 0.2) is 59.2 Å². The van der Waals surface area contributed by atoms with Gasteiger partial charge in [-0.25, -0.2) is 14.6 Å². The number of methoxy groups -OCH3 is 1. The van der Waals surface area contributed by atoms with Gasteiger partial charge in [0.1, 0.15) is 5.75 Å². The van der Waals surface area contributed by atoms with Crippen molar-refractivity contribution >= 4 is 46.5 Å². The van der Waals surface area contributed by atoms with E-state index in [0.29, 0.717) is 5.75 Å². The van der Waals surface area contributed by atoms with Gasteiger partial charge in [0.05, 0.1) is 7.11 Å². The molecule has 0 radical (unpaired) electrons. The summed E-state index contributed by atoms with van der Waals surface area (Å²) >= 11 is 2.20. The molecule has 0 fully saturated rings. The summed E-state index contributed by atoms with van der Waals surface area (Å²) in [4.78, 5) is 27.4. The number of ether oxygens (including phenoxy) is 3. The van der Waals surface area contributed by atoms with E-state index in [1.807, 2.05) is 24.3 Å². The summed E-state index contributed by atoms with van der Waals surface area (Å²) in [7, 11) is 1.30. The van der Waals surface area contributed by atoms with Crippen molar-refractivity contribution in [2.75, 3.05) is 13.7 Å². The van der Waals surface area contributed by atoms with Crippen LogP contribution >= 0.6 is 22.6 Å². The smallest absolute Gasteiger partial charge is 0.363 e. The second kappa shape index (κ2) is 8.13. The first-order chi connectivity index (χ1) is 12.5. The molecule has 0 aromatic heterocycles. The SMILES string of the molecule is COC(=O)COc1ccc(/C=C2\N=C(c3ccc(I)cc3)OC2=O)cc1. The predicted octanol–water partition coefficient (Wildman–Crippen LogP) is 3.19.